The molecule has 0 bridgehead atoms. The fourth-order valence-electron chi connectivity index (χ4n) is 1.56. The zero-order valence-corrected chi connectivity index (χ0v) is 10.1. The largest absolute Gasteiger partial charge is 0.477 e. The van der Waals surface area contributed by atoms with Crippen LogP contribution >= 0.6 is 11.3 Å². The molecule has 0 fully saturated rings. The van der Waals surface area contributed by atoms with Crippen LogP contribution in [0.1, 0.15) is 20.2 Å². The molecule has 0 radical (unpaired) electrons. The Balaban J connectivity index is 2.56. The van der Waals surface area contributed by atoms with Gasteiger partial charge in [0.2, 0.25) is 0 Å². The third-order valence-electron chi connectivity index (χ3n) is 2.30. The average Bonchev–Trinajstić information content (AvgIpc) is 2.57. The van der Waals surface area contributed by atoms with Gasteiger partial charge < -0.3 is 10.1 Å². The third kappa shape index (κ3) is 2.12. The molecule has 2 rings (SSSR count). The number of aromatic nitrogens is 2. The van der Waals surface area contributed by atoms with E-state index in [9.17, 15) is 9.59 Å². The summed E-state index contributed by atoms with van der Waals surface area (Å²) in [4.78, 5) is 30.0. The summed E-state index contributed by atoms with van der Waals surface area (Å²) in [5.41, 5.74) is 0.363. The highest BCUT2D eigenvalue weighted by molar-refractivity contribution is 7.11. The minimum absolute atomic E-state index is 0.265. The molecule has 0 saturated heterocycles. The number of pyridine rings is 1. The van der Waals surface area contributed by atoms with E-state index in [1.165, 1.54) is 17.4 Å². The number of carbonyl (C=O) groups is 1. The number of rotatable bonds is 2. The first-order valence-corrected chi connectivity index (χ1v) is 5.71. The molecule has 0 spiro atoms. The van der Waals surface area contributed by atoms with Crippen molar-refractivity contribution in [3.05, 3.63) is 37.9 Å². The second-order valence-electron chi connectivity index (χ2n) is 3.56. The number of nitrogens with zero attached hydrogens (tertiary/aromatic N) is 1. The minimum Gasteiger partial charge on any atom is -0.477 e. The standard InChI is InChI=1S/C11H10N2O3S/c1-5-9(12-6(2)17-5)8-4-3-7(11(15)16)10(14)13-8/h3-4H,1-2H3,(H,13,14)(H,15,16). The summed E-state index contributed by atoms with van der Waals surface area (Å²) in [6.07, 6.45) is 0. The predicted octanol–water partition coefficient (Wildman–Crippen LogP) is 1.81. The van der Waals surface area contributed by atoms with Gasteiger partial charge in [-0.2, -0.15) is 0 Å². The van der Waals surface area contributed by atoms with Crippen molar-refractivity contribution in [3.63, 3.8) is 0 Å². The first-order valence-electron chi connectivity index (χ1n) is 4.90. The maximum absolute atomic E-state index is 11.5. The Bertz CT molecular complexity index is 642. The number of aromatic carboxylic acids is 1. The van der Waals surface area contributed by atoms with E-state index in [4.69, 9.17) is 5.11 Å². The number of aromatic amines is 1. The van der Waals surface area contributed by atoms with Gasteiger partial charge in [-0.05, 0) is 26.0 Å². The number of carboxylic acids is 1. The highest BCUT2D eigenvalue weighted by Crippen LogP contribution is 2.24. The van der Waals surface area contributed by atoms with E-state index in [1.807, 2.05) is 13.8 Å². The van der Waals surface area contributed by atoms with Crippen molar-refractivity contribution in [3.8, 4) is 11.4 Å². The second-order valence-corrected chi connectivity index (χ2v) is 4.96. The minimum atomic E-state index is -1.23. The van der Waals surface area contributed by atoms with E-state index in [2.05, 4.69) is 9.97 Å². The lowest BCUT2D eigenvalue weighted by atomic mass is 10.2. The molecule has 0 amide bonds. The van der Waals surface area contributed by atoms with Crippen LogP contribution in [-0.2, 0) is 0 Å². The zero-order valence-electron chi connectivity index (χ0n) is 9.27. The summed E-state index contributed by atoms with van der Waals surface area (Å²) in [7, 11) is 0. The Kier molecular flexibility index (Phi) is 2.81. The van der Waals surface area contributed by atoms with Crippen molar-refractivity contribution in [1.29, 1.82) is 0 Å². The first-order chi connectivity index (χ1) is 7.99. The molecule has 0 unspecified atom stereocenters. The summed E-state index contributed by atoms with van der Waals surface area (Å²) in [6.45, 7) is 3.79. The number of hydrogen-bond donors (Lipinski definition) is 2. The lowest BCUT2D eigenvalue weighted by Crippen LogP contribution is -2.17. The second kappa shape index (κ2) is 4.14. The third-order valence-corrected chi connectivity index (χ3v) is 3.18. The molecule has 6 heteroatoms. The quantitative estimate of drug-likeness (QED) is 0.851. The van der Waals surface area contributed by atoms with E-state index in [0.29, 0.717) is 11.4 Å². The van der Waals surface area contributed by atoms with Crippen LogP contribution in [-0.4, -0.2) is 21.0 Å². The molecule has 17 heavy (non-hydrogen) atoms. The maximum atomic E-state index is 11.5. The fourth-order valence-corrected chi connectivity index (χ4v) is 2.39. The Morgan fingerprint density at radius 2 is 2.12 bits per heavy atom. The lowest BCUT2D eigenvalue weighted by Gasteiger charge is -1.99. The van der Waals surface area contributed by atoms with Crippen molar-refractivity contribution in [2.75, 3.05) is 0 Å². The molecule has 2 aromatic heterocycles. The van der Waals surface area contributed by atoms with E-state index >= 15 is 0 Å². The van der Waals surface area contributed by atoms with Gasteiger partial charge in [0.05, 0.1) is 10.7 Å². The van der Waals surface area contributed by atoms with Gasteiger partial charge >= 0.3 is 5.97 Å². The number of thiazole rings is 1. The Hall–Kier alpha value is -1.95. The number of nitrogens with one attached hydrogen (secondary N) is 1. The number of H-pyrrole nitrogens is 1. The molecule has 0 saturated carbocycles. The van der Waals surface area contributed by atoms with Gasteiger partial charge in [-0.25, -0.2) is 9.78 Å². The van der Waals surface area contributed by atoms with Crippen LogP contribution in [0.15, 0.2) is 16.9 Å². The smallest absolute Gasteiger partial charge is 0.341 e. The summed E-state index contributed by atoms with van der Waals surface area (Å²) < 4.78 is 0. The number of hydrogen-bond acceptors (Lipinski definition) is 4. The molecule has 2 heterocycles. The van der Waals surface area contributed by atoms with Crippen LogP contribution in [0.25, 0.3) is 11.4 Å². The Morgan fingerprint density at radius 3 is 2.59 bits per heavy atom. The molecule has 0 aliphatic carbocycles. The van der Waals surface area contributed by atoms with E-state index in [0.717, 1.165) is 9.88 Å². The maximum Gasteiger partial charge on any atom is 0.341 e. The molecular formula is C11H10N2O3S. The van der Waals surface area contributed by atoms with Crippen LogP contribution in [0.3, 0.4) is 0 Å². The van der Waals surface area contributed by atoms with Gasteiger partial charge in [0, 0.05) is 4.88 Å². The number of aryl methyl sites for hydroxylation is 2. The predicted molar refractivity (Wildman–Crippen MR) is 64.6 cm³/mol. The van der Waals surface area contributed by atoms with Crippen molar-refractivity contribution < 1.29 is 9.90 Å². The van der Waals surface area contributed by atoms with Gasteiger partial charge in [-0.3, -0.25) is 4.79 Å². The van der Waals surface area contributed by atoms with Crippen LogP contribution < -0.4 is 5.56 Å². The molecule has 0 aliphatic heterocycles. The summed E-state index contributed by atoms with van der Waals surface area (Å²) in [6, 6.07) is 2.86. The van der Waals surface area contributed by atoms with Gasteiger partial charge in [-0.1, -0.05) is 0 Å². The molecular weight excluding hydrogens is 240 g/mol. The normalized spacial score (nSPS) is 10.5. The fraction of sp³-hybridized carbons (Fsp3) is 0.182. The topological polar surface area (TPSA) is 83.0 Å². The van der Waals surface area contributed by atoms with Gasteiger partial charge in [-0.15, -0.1) is 11.3 Å². The molecule has 0 aromatic carbocycles. The van der Waals surface area contributed by atoms with Gasteiger partial charge in [0.1, 0.15) is 11.3 Å². The lowest BCUT2D eigenvalue weighted by molar-refractivity contribution is 0.0695. The molecule has 2 aromatic rings. The van der Waals surface area contributed by atoms with Crippen LogP contribution in [0, 0.1) is 13.8 Å². The molecule has 2 N–H and O–H groups in total. The number of carboxylic acid groups (broad SMARTS) is 1. The van der Waals surface area contributed by atoms with Crippen molar-refractivity contribution in [1.82, 2.24) is 9.97 Å². The molecule has 88 valence electrons. The van der Waals surface area contributed by atoms with Crippen LogP contribution in [0.2, 0.25) is 0 Å². The van der Waals surface area contributed by atoms with Gasteiger partial charge in [0.15, 0.2) is 0 Å². The SMILES string of the molecule is Cc1nc(-c2ccc(C(=O)O)c(=O)[nH]2)c(C)s1. The molecule has 0 aliphatic rings. The monoisotopic (exact) mass is 250 g/mol. The van der Waals surface area contributed by atoms with Gasteiger partial charge in [0.25, 0.3) is 5.56 Å². The van der Waals surface area contributed by atoms with Crippen LogP contribution in [0.5, 0.6) is 0 Å². The van der Waals surface area contributed by atoms with E-state index in [-0.39, 0.29) is 5.56 Å². The summed E-state index contributed by atoms with van der Waals surface area (Å²) in [5, 5.41) is 9.66. The van der Waals surface area contributed by atoms with Crippen molar-refractivity contribution in [2.24, 2.45) is 0 Å². The van der Waals surface area contributed by atoms with Crippen LogP contribution in [0.4, 0.5) is 0 Å². The first kappa shape index (κ1) is 11.5. The summed E-state index contributed by atoms with van der Waals surface area (Å²) in [5.74, 6) is -1.23. The van der Waals surface area contributed by atoms with E-state index < -0.39 is 11.5 Å². The summed E-state index contributed by atoms with van der Waals surface area (Å²) >= 11 is 1.53. The Labute approximate surface area is 101 Å². The molecule has 5 nitrogen and oxygen atoms in total. The molecule has 0 atom stereocenters. The van der Waals surface area contributed by atoms with Crippen molar-refractivity contribution >= 4 is 17.3 Å². The highest BCUT2D eigenvalue weighted by Gasteiger charge is 2.12. The zero-order chi connectivity index (χ0) is 12.6. The Morgan fingerprint density at radius 1 is 1.41 bits per heavy atom. The average molecular weight is 250 g/mol. The van der Waals surface area contributed by atoms with E-state index in [1.54, 1.807) is 6.07 Å². The highest BCUT2D eigenvalue weighted by atomic mass is 32.1. The van der Waals surface area contributed by atoms with Crippen molar-refractivity contribution in [2.45, 2.75) is 13.8 Å².